The predicted octanol–water partition coefficient (Wildman–Crippen LogP) is 15.7. The second-order valence-electron chi connectivity index (χ2n) is 18.3. The molecule has 1 aliphatic carbocycles. The first-order chi connectivity index (χ1) is 34.7. The molecule has 0 saturated heterocycles. The molecular weight excluding hydrogens is 855 g/mol. The Kier molecular flexibility index (Phi) is 8.35. The van der Waals surface area contributed by atoms with Crippen LogP contribution in [0.15, 0.2) is 231 Å². The number of aromatic nitrogens is 7. The summed E-state index contributed by atoms with van der Waals surface area (Å²) in [5.41, 5.74) is 12.9. The van der Waals surface area contributed by atoms with E-state index < -0.39 is 0 Å². The molecule has 0 radical (unpaired) electrons. The van der Waals surface area contributed by atoms with Gasteiger partial charge in [-0.3, -0.25) is 4.57 Å². The van der Waals surface area contributed by atoms with E-state index in [0.717, 1.165) is 89.1 Å². The molecule has 0 N–H and O–H groups in total. The van der Waals surface area contributed by atoms with Crippen LogP contribution in [0.25, 0.3) is 127 Å². The van der Waals surface area contributed by atoms with Crippen molar-refractivity contribution in [2.75, 3.05) is 0 Å². The second kappa shape index (κ2) is 15.1. The Morgan fingerprint density at radius 3 is 1.49 bits per heavy atom. The first kappa shape index (κ1) is 38.7. The van der Waals surface area contributed by atoms with Gasteiger partial charge in [0.2, 0.25) is 5.95 Å². The minimum Gasteiger partial charge on any atom is -0.333 e. The van der Waals surface area contributed by atoms with Crippen LogP contribution in [0.5, 0.6) is 0 Å². The molecule has 0 saturated carbocycles. The molecule has 0 fully saturated rings. The van der Waals surface area contributed by atoms with Crippen molar-refractivity contribution in [1.29, 1.82) is 0 Å². The molecule has 5 heterocycles. The van der Waals surface area contributed by atoms with Crippen LogP contribution >= 0.6 is 0 Å². The number of para-hydroxylation sites is 6. The van der Waals surface area contributed by atoms with Crippen LogP contribution in [0.1, 0.15) is 12.5 Å². The minimum absolute atomic E-state index is 0.174. The number of allylic oxidation sites excluding steroid dienone is 4. The second-order valence-corrected chi connectivity index (χ2v) is 18.3. The van der Waals surface area contributed by atoms with E-state index in [1.54, 1.807) is 0 Å². The first-order valence-electron chi connectivity index (χ1n) is 24.0. The summed E-state index contributed by atoms with van der Waals surface area (Å²) in [4.78, 5) is 16.6. The Balaban J connectivity index is 1.05. The molecule has 1 atom stereocenters. The van der Waals surface area contributed by atoms with Gasteiger partial charge in [-0.15, -0.1) is 0 Å². The summed E-state index contributed by atoms with van der Waals surface area (Å²) >= 11 is 0. The smallest absolute Gasteiger partial charge is 0.238 e. The molecule has 7 heteroatoms. The normalized spacial score (nSPS) is 14.0. The van der Waals surface area contributed by atoms with Gasteiger partial charge in [0.05, 0.1) is 44.7 Å². The first-order valence-corrected chi connectivity index (χ1v) is 24.0. The molecule has 1 aliphatic rings. The molecule has 0 aliphatic heterocycles. The van der Waals surface area contributed by atoms with Gasteiger partial charge in [-0.05, 0) is 73.2 Å². The summed E-state index contributed by atoms with van der Waals surface area (Å²) < 4.78 is 9.51. The van der Waals surface area contributed by atoms with Crippen molar-refractivity contribution in [1.82, 2.24) is 33.2 Å². The van der Waals surface area contributed by atoms with E-state index in [2.05, 4.69) is 249 Å². The van der Waals surface area contributed by atoms with Gasteiger partial charge in [0, 0.05) is 71.1 Å². The fourth-order valence-electron chi connectivity index (χ4n) is 11.5. The van der Waals surface area contributed by atoms with Gasteiger partial charge in [0.15, 0.2) is 11.6 Å². The number of hydrogen-bond acceptors (Lipinski definition) is 3. The summed E-state index contributed by atoms with van der Waals surface area (Å²) in [6.07, 6.45) is 9.78. The van der Waals surface area contributed by atoms with E-state index in [9.17, 15) is 0 Å². The lowest BCUT2D eigenvalue weighted by Crippen LogP contribution is -2.08. The third-order valence-electron chi connectivity index (χ3n) is 14.5. The molecule has 7 nitrogen and oxygen atoms in total. The maximum Gasteiger partial charge on any atom is 0.238 e. The third kappa shape index (κ3) is 5.66. The lowest BCUT2D eigenvalue weighted by Gasteiger charge is -2.18. The lowest BCUT2D eigenvalue weighted by atomic mass is 10.1. The molecule has 1 unspecified atom stereocenters. The average Bonchev–Trinajstić information content (AvgIpc) is 4.16. The summed E-state index contributed by atoms with van der Waals surface area (Å²) in [5.74, 6) is 1.75. The van der Waals surface area contributed by atoms with Crippen molar-refractivity contribution < 1.29 is 0 Å². The Labute approximate surface area is 401 Å². The summed E-state index contributed by atoms with van der Waals surface area (Å²) in [6, 6.07) is 74.2. The van der Waals surface area contributed by atoms with Gasteiger partial charge in [-0.2, -0.15) is 9.97 Å². The van der Waals surface area contributed by atoms with Crippen molar-refractivity contribution in [3.8, 4) is 40.1 Å². The fourth-order valence-corrected chi connectivity index (χ4v) is 11.5. The lowest BCUT2D eigenvalue weighted by molar-refractivity contribution is 0.648. The van der Waals surface area contributed by atoms with Crippen molar-refractivity contribution in [2.45, 2.75) is 12.5 Å². The van der Waals surface area contributed by atoms with Crippen molar-refractivity contribution >= 4 is 87.2 Å². The Hall–Kier alpha value is -9.33. The minimum atomic E-state index is 0.174. The van der Waals surface area contributed by atoms with E-state index in [4.69, 9.17) is 15.0 Å². The molecule has 328 valence electrons. The van der Waals surface area contributed by atoms with E-state index in [0.29, 0.717) is 17.6 Å². The average molecular weight is 896 g/mol. The molecule has 5 aromatic heterocycles. The van der Waals surface area contributed by atoms with Crippen molar-refractivity contribution in [2.24, 2.45) is 0 Å². The highest BCUT2D eigenvalue weighted by atomic mass is 15.2. The molecule has 15 rings (SSSR count). The summed E-state index contributed by atoms with van der Waals surface area (Å²) in [6.45, 7) is 0. The molecule has 9 aromatic carbocycles. The molecular formula is C63H41N7. The van der Waals surface area contributed by atoms with Crippen LogP contribution in [0.4, 0.5) is 0 Å². The largest absolute Gasteiger partial charge is 0.333 e. The Bertz CT molecular complexity index is 4510. The van der Waals surface area contributed by atoms with E-state index in [1.807, 2.05) is 0 Å². The third-order valence-corrected chi connectivity index (χ3v) is 14.5. The SMILES string of the molecule is C1=CCC(n2c3ccccc3c3ccc(-c4nc(-c5ccc6c7ccccc7n(-c7ccccc7)c6c5)nc(-n5c6ccccc6c6ccc7c(c8ccccc8n7-c7ccccc7)c65)n4)cc32)C=C1. The van der Waals surface area contributed by atoms with E-state index >= 15 is 0 Å². The van der Waals surface area contributed by atoms with Crippen LogP contribution in [-0.2, 0) is 0 Å². The van der Waals surface area contributed by atoms with E-state index in [1.165, 1.54) is 27.1 Å². The molecule has 14 aromatic rings. The van der Waals surface area contributed by atoms with Crippen molar-refractivity contribution in [3.63, 3.8) is 0 Å². The topological polar surface area (TPSA) is 58.4 Å². The summed E-state index contributed by atoms with van der Waals surface area (Å²) in [7, 11) is 0. The van der Waals surface area contributed by atoms with Gasteiger partial charge in [0.25, 0.3) is 0 Å². The van der Waals surface area contributed by atoms with Crippen LogP contribution in [0.2, 0.25) is 0 Å². The monoisotopic (exact) mass is 895 g/mol. The van der Waals surface area contributed by atoms with Crippen molar-refractivity contribution in [3.05, 3.63) is 231 Å². The van der Waals surface area contributed by atoms with Gasteiger partial charge in [-0.25, -0.2) is 4.98 Å². The van der Waals surface area contributed by atoms with Gasteiger partial charge >= 0.3 is 0 Å². The van der Waals surface area contributed by atoms with Crippen LogP contribution in [-0.4, -0.2) is 33.2 Å². The zero-order valence-corrected chi connectivity index (χ0v) is 37.9. The highest BCUT2D eigenvalue weighted by Crippen LogP contribution is 2.43. The van der Waals surface area contributed by atoms with Gasteiger partial charge < -0.3 is 13.7 Å². The zero-order valence-electron chi connectivity index (χ0n) is 37.9. The Morgan fingerprint density at radius 2 is 0.843 bits per heavy atom. The number of fused-ring (bicyclic) bond motifs is 13. The Morgan fingerprint density at radius 1 is 0.357 bits per heavy atom. The summed E-state index contributed by atoms with van der Waals surface area (Å²) in [5, 5.41) is 9.38. The zero-order chi connectivity index (χ0) is 45.9. The maximum atomic E-state index is 5.58. The number of rotatable bonds is 6. The highest BCUT2D eigenvalue weighted by molar-refractivity contribution is 6.26. The van der Waals surface area contributed by atoms with Gasteiger partial charge in [0.1, 0.15) is 0 Å². The van der Waals surface area contributed by atoms with Crippen LogP contribution < -0.4 is 0 Å². The van der Waals surface area contributed by atoms with E-state index in [-0.39, 0.29) is 6.04 Å². The predicted molar refractivity (Wildman–Crippen MR) is 289 cm³/mol. The standard InChI is InChI=1S/C63H41N7/c1-4-18-42(19-5-1)67-55-31-17-13-27-51(55)59-56(67)37-36-50-47-26-12-16-30-54(47)70(60(50)59)63-65-61(40-32-34-48-45-24-10-14-28-52(45)68(57(48)38-40)43-20-6-2-7-21-43)64-62(66-63)41-33-35-49-46-25-11-15-29-53(46)69(58(49)39-41)44-22-8-3-9-23-44/h1-22,24-39,44H,23H2. The fraction of sp³-hybridized carbons (Fsp3) is 0.0317. The number of benzene rings is 9. The van der Waals surface area contributed by atoms with Crippen LogP contribution in [0, 0.1) is 0 Å². The maximum absolute atomic E-state index is 5.58. The molecule has 70 heavy (non-hydrogen) atoms. The quantitative estimate of drug-likeness (QED) is 0.167. The molecule has 0 bridgehead atoms. The highest BCUT2D eigenvalue weighted by Gasteiger charge is 2.25. The van der Waals surface area contributed by atoms with Gasteiger partial charge in [-0.1, -0.05) is 164 Å². The molecule has 0 spiro atoms. The van der Waals surface area contributed by atoms with Crippen LogP contribution in [0.3, 0.4) is 0 Å². The molecule has 0 amide bonds. The number of nitrogens with zero attached hydrogens (tertiary/aromatic N) is 7. The number of hydrogen-bond donors (Lipinski definition) is 0.